The lowest BCUT2D eigenvalue weighted by Crippen LogP contribution is -2.31. The van der Waals surface area contributed by atoms with Crippen molar-refractivity contribution in [1.29, 1.82) is 0 Å². The van der Waals surface area contributed by atoms with E-state index in [1.807, 2.05) is 36.9 Å². The molecular weight excluding hydrogens is 360 g/mol. The van der Waals surface area contributed by atoms with Gasteiger partial charge in [-0.05, 0) is 44.0 Å². The summed E-state index contributed by atoms with van der Waals surface area (Å²) in [5, 5.41) is 10.5. The van der Waals surface area contributed by atoms with E-state index in [0.717, 1.165) is 30.0 Å². The number of benzene rings is 1. The van der Waals surface area contributed by atoms with Gasteiger partial charge >= 0.3 is 0 Å². The van der Waals surface area contributed by atoms with Gasteiger partial charge in [0.2, 0.25) is 5.91 Å². The molecule has 142 valence electrons. The number of ketones is 1. The Morgan fingerprint density at radius 1 is 1.26 bits per heavy atom. The van der Waals surface area contributed by atoms with E-state index < -0.39 is 5.92 Å². The minimum Gasteiger partial charge on any atom is -0.507 e. The number of rotatable bonds is 4. The first kappa shape index (κ1) is 18.0. The molecule has 2 aliphatic rings. The van der Waals surface area contributed by atoms with E-state index in [1.54, 1.807) is 29.5 Å². The van der Waals surface area contributed by atoms with E-state index in [-0.39, 0.29) is 35.0 Å². The van der Waals surface area contributed by atoms with Crippen molar-refractivity contribution in [3.63, 3.8) is 0 Å². The molecular formula is C21H24N2O3S. The van der Waals surface area contributed by atoms with Gasteiger partial charge in [-0.1, -0.05) is 0 Å². The number of thiophene rings is 1. The summed E-state index contributed by atoms with van der Waals surface area (Å²) < 4.78 is 0. The Balaban J connectivity index is 1.74. The molecule has 0 aliphatic carbocycles. The van der Waals surface area contributed by atoms with Crippen molar-refractivity contribution < 1.29 is 14.7 Å². The summed E-state index contributed by atoms with van der Waals surface area (Å²) in [5.41, 5.74) is 1.05. The largest absolute Gasteiger partial charge is 0.507 e. The van der Waals surface area contributed by atoms with Crippen molar-refractivity contribution in [2.24, 2.45) is 5.92 Å². The first-order valence-corrected chi connectivity index (χ1v) is 10.1. The topological polar surface area (TPSA) is 60.9 Å². The van der Waals surface area contributed by atoms with Gasteiger partial charge in [0.25, 0.3) is 0 Å². The minimum absolute atomic E-state index is 0.0628. The lowest BCUT2D eigenvalue weighted by atomic mass is 9.82. The van der Waals surface area contributed by atoms with Crippen LogP contribution in [-0.4, -0.2) is 48.4 Å². The fourth-order valence-corrected chi connectivity index (χ4v) is 5.50. The van der Waals surface area contributed by atoms with Crippen molar-refractivity contribution in [2.75, 3.05) is 25.5 Å². The second-order valence-corrected chi connectivity index (χ2v) is 8.97. The third kappa shape index (κ3) is 2.92. The van der Waals surface area contributed by atoms with Crippen LogP contribution in [0.1, 0.15) is 38.9 Å². The summed E-state index contributed by atoms with van der Waals surface area (Å²) >= 11 is 1.66. The summed E-state index contributed by atoms with van der Waals surface area (Å²) in [6.45, 7) is 2.76. The molecule has 0 radical (unpaired) electrons. The molecule has 3 heterocycles. The molecule has 0 saturated carbocycles. The maximum absolute atomic E-state index is 13.4. The highest BCUT2D eigenvalue weighted by atomic mass is 32.1. The molecule has 2 fully saturated rings. The number of amides is 1. The average molecular weight is 385 g/mol. The average Bonchev–Trinajstić information content (AvgIpc) is 3.32. The number of hydrogen-bond acceptors (Lipinski definition) is 5. The second-order valence-electron chi connectivity index (χ2n) is 7.65. The van der Waals surface area contributed by atoms with Gasteiger partial charge in [0.15, 0.2) is 5.78 Å². The Morgan fingerprint density at radius 3 is 2.67 bits per heavy atom. The number of carbonyl (C=O) groups excluding carboxylic acids is 2. The summed E-state index contributed by atoms with van der Waals surface area (Å²) in [6.07, 6.45) is 1.92. The number of Topliss-reactive ketones (excluding diaryl/α,β-unsaturated/α-hetero) is 1. The third-order valence-corrected chi connectivity index (χ3v) is 6.86. The zero-order valence-electron chi connectivity index (χ0n) is 15.8. The lowest BCUT2D eigenvalue weighted by Gasteiger charge is -2.21. The van der Waals surface area contributed by atoms with Gasteiger partial charge in [-0.25, -0.2) is 0 Å². The number of phenols is 1. The number of fused-ring (bicyclic) bond motifs is 1. The predicted molar refractivity (Wildman–Crippen MR) is 107 cm³/mol. The Labute approximate surface area is 163 Å². The van der Waals surface area contributed by atoms with Gasteiger partial charge in [-0.3, -0.25) is 9.59 Å². The van der Waals surface area contributed by atoms with Crippen LogP contribution in [0.3, 0.4) is 0 Å². The Hall–Kier alpha value is -2.34. The number of anilines is 1. The Bertz CT molecular complexity index is 905. The van der Waals surface area contributed by atoms with Crippen LogP contribution < -0.4 is 4.90 Å². The molecule has 0 spiro atoms. The molecule has 2 saturated heterocycles. The van der Waals surface area contributed by atoms with Gasteiger partial charge in [0.05, 0.1) is 5.56 Å². The van der Waals surface area contributed by atoms with Crippen molar-refractivity contribution in [1.82, 2.24) is 4.90 Å². The normalized spacial score (nSPS) is 24.3. The maximum atomic E-state index is 13.4. The SMILES string of the molecule is Cc1ccc([C@H]2[C@H](C(=O)c3ccc(N(C)C)cc3O)C(=O)N3CCC[C@H]23)s1. The van der Waals surface area contributed by atoms with E-state index in [1.165, 1.54) is 4.88 Å². The first-order chi connectivity index (χ1) is 12.9. The summed E-state index contributed by atoms with van der Waals surface area (Å²) in [6, 6.07) is 9.21. The number of phenolic OH excluding ortho intramolecular Hbond substituents is 1. The predicted octanol–water partition coefficient (Wildman–Crippen LogP) is 3.42. The third-order valence-electron chi connectivity index (χ3n) is 5.76. The first-order valence-electron chi connectivity index (χ1n) is 9.30. The Kier molecular flexibility index (Phi) is 4.46. The highest BCUT2D eigenvalue weighted by Gasteiger charge is 2.54. The zero-order chi connectivity index (χ0) is 19.3. The molecule has 27 heavy (non-hydrogen) atoms. The van der Waals surface area contributed by atoms with Crippen LogP contribution in [0.4, 0.5) is 5.69 Å². The van der Waals surface area contributed by atoms with Crippen LogP contribution in [-0.2, 0) is 4.79 Å². The maximum Gasteiger partial charge on any atom is 0.234 e. The number of carbonyl (C=O) groups is 2. The van der Waals surface area contributed by atoms with Crippen LogP contribution in [0.2, 0.25) is 0 Å². The summed E-state index contributed by atoms with van der Waals surface area (Å²) in [5.74, 6) is -1.29. The molecule has 2 aromatic rings. The molecule has 1 amide bonds. The van der Waals surface area contributed by atoms with Crippen LogP contribution in [0.25, 0.3) is 0 Å². The second kappa shape index (κ2) is 6.68. The van der Waals surface area contributed by atoms with Crippen molar-refractivity contribution in [3.05, 3.63) is 45.6 Å². The zero-order valence-corrected chi connectivity index (χ0v) is 16.6. The van der Waals surface area contributed by atoms with Crippen LogP contribution in [0, 0.1) is 12.8 Å². The molecule has 4 rings (SSSR count). The molecule has 0 unspecified atom stereocenters. The van der Waals surface area contributed by atoms with E-state index in [2.05, 4.69) is 6.07 Å². The number of hydrogen-bond donors (Lipinski definition) is 1. The summed E-state index contributed by atoms with van der Waals surface area (Å²) in [4.78, 5) is 32.5. The monoisotopic (exact) mass is 384 g/mol. The van der Waals surface area contributed by atoms with Gasteiger partial charge in [0, 0.05) is 54.1 Å². The van der Waals surface area contributed by atoms with E-state index in [0.29, 0.717) is 0 Å². The fourth-order valence-electron chi connectivity index (χ4n) is 4.43. The van der Waals surface area contributed by atoms with Crippen molar-refractivity contribution in [3.8, 4) is 5.75 Å². The number of nitrogens with zero attached hydrogens (tertiary/aromatic N) is 2. The van der Waals surface area contributed by atoms with E-state index in [4.69, 9.17) is 0 Å². The van der Waals surface area contributed by atoms with Crippen LogP contribution >= 0.6 is 11.3 Å². The summed E-state index contributed by atoms with van der Waals surface area (Å²) in [7, 11) is 3.75. The highest BCUT2D eigenvalue weighted by molar-refractivity contribution is 7.12. The van der Waals surface area contributed by atoms with Crippen molar-refractivity contribution in [2.45, 2.75) is 31.7 Å². The molecule has 6 heteroatoms. The van der Waals surface area contributed by atoms with Gasteiger partial charge < -0.3 is 14.9 Å². The van der Waals surface area contributed by atoms with E-state index in [9.17, 15) is 14.7 Å². The molecule has 1 aromatic carbocycles. The number of aryl methyl sites for hydroxylation is 1. The van der Waals surface area contributed by atoms with Gasteiger partial charge in [-0.15, -0.1) is 11.3 Å². The smallest absolute Gasteiger partial charge is 0.234 e. The number of aromatic hydroxyl groups is 1. The van der Waals surface area contributed by atoms with Crippen LogP contribution in [0.5, 0.6) is 5.75 Å². The molecule has 2 aliphatic heterocycles. The highest BCUT2D eigenvalue weighted by Crippen LogP contribution is 2.47. The molecule has 5 nitrogen and oxygen atoms in total. The fraction of sp³-hybridized carbons (Fsp3) is 0.429. The Morgan fingerprint density at radius 2 is 2.04 bits per heavy atom. The van der Waals surface area contributed by atoms with Crippen molar-refractivity contribution >= 4 is 28.7 Å². The quantitative estimate of drug-likeness (QED) is 0.648. The molecule has 1 aromatic heterocycles. The lowest BCUT2D eigenvalue weighted by molar-refractivity contribution is -0.129. The standard InChI is InChI=1S/C21H24N2O3S/c1-12-6-9-17(27-12)18-15-5-4-10-23(15)21(26)19(18)20(25)14-8-7-13(22(2)3)11-16(14)24/h6-9,11,15,18-19,24H,4-5,10H2,1-3H3/t15-,18+,19-/m1/s1. The van der Waals surface area contributed by atoms with E-state index >= 15 is 0 Å². The molecule has 3 atom stereocenters. The van der Waals surface area contributed by atoms with Gasteiger partial charge in [-0.2, -0.15) is 0 Å². The molecule has 0 bridgehead atoms. The molecule has 1 N–H and O–H groups in total. The van der Waals surface area contributed by atoms with Gasteiger partial charge in [0.1, 0.15) is 11.7 Å². The van der Waals surface area contributed by atoms with Crippen LogP contribution in [0.15, 0.2) is 30.3 Å². The minimum atomic E-state index is -0.746.